The molecule has 0 unspecified atom stereocenters. The Morgan fingerprint density at radius 2 is 2.00 bits per heavy atom. The van der Waals surface area contributed by atoms with Crippen LogP contribution in [0.3, 0.4) is 0 Å². The monoisotopic (exact) mass is 289 g/mol. The first-order valence-corrected chi connectivity index (χ1v) is 7.78. The highest BCUT2D eigenvalue weighted by molar-refractivity contribution is 5.87. The van der Waals surface area contributed by atoms with Crippen LogP contribution in [0.25, 0.3) is 21.9 Å². The van der Waals surface area contributed by atoms with Crippen LogP contribution >= 0.6 is 0 Å². The Morgan fingerprint density at radius 3 is 2.82 bits per heavy atom. The molecule has 3 nitrogen and oxygen atoms in total. The predicted molar refractivity (Wildman–Crippen MR) is 91.3 cm³/mol. The van der Waals surface area contributed by atoms with Gasteiger partial charge in [0.05, 0.1) is 11.0 Å². The van der Waals surface area contributed by atoms with E-state index in [1.54, 1.807) is 0 Å². The Bertz CT molecular complexity index is 926. The van der Waals surface area contributed by atoms with Gasteiger partial charge in [-0.25, -0.2) is 4.98 Å². The van der Waals surface area contributed by atoms with Crippen molar-refractivity contribution in [2.75, 3.05) is 0 Å². The second-order valence-corrected chi connectivity index (χ2v) is 5.83. The summed E-state index contributed by atoms with van der Waals surface area (Å²) in [5.74, 6) is 1.02. The van der Waals surface area contributed by atoms with E-state index in [-0.39, 0.29) is 0 Å². The molecule has 2 N–H and O–H groups in total. The number of aromatic nitrogens is 3. The molecule has 3 heteroatoms. The van der Waals surface area contributed by atoms with E-state index in [2.05, 4.69) is 42.0 Å². The lowest BCUT2D eigenvalue weighted by atomic mass is 9.96. The van der Waals surface area contributed by atoms with E-state index < -0.39 is 0 Å². The van der Waals surface area contributed by atoms with Crippen LogP contribution in [0.1, 0.15) is 29.4 Å². The van der Waals surface area contributed by atoms with Gasteiger partial charge in [-0.15, -0.1) is 0 Å². The normalized spacial score (nSPS) is 11.5. The number of para-hydroxylation sites is 2. The molecule has 4 rings (SSSR count). The fourth-order valence-electron chi connectivity index (χ4n) is 3.29. The zero-order chi connectivity index (χ0) is 15.1. The smallest absolute Gasteiger partial charge is 0.111 e. The summed E-state index contributed by atoms with van der Waals surface area (Å²) in [6.07, 6.45) is 3.91. The van der Waals surface area contributed by atoms with Crippen molar-refractivity contribution in [2.45, 2.75) is 26.7 Å². The molecule has 0 atom stereocenters. The summed E-state index contributed by atoms with van der Waals surface area (Å²) >= 11 is 0. The van der Waals surface area contributed by atoms with Gasteiger partial charge in [0.25, 0.3) is 0 Å². The summed E-state index contributed by atoms with van der Waals surface area (Å²) in [6.45, 7) is 4.40. The first-order chi connectivity index (χ1) is 10.8. The summed E-state index contributed by atoms with van der Waals surface area (Å²) in [6, 6.07) is 12.7. The lowest BCUT2D eigenvalue weighted by molar-refractivity contribution is 1.03. The zero-order valence-corrected chi connectivity index (χ0v) is 12.9. The third-order valence-corrected chi connectivity index (χ3v) is 4.42. The average molecular weight is 289 g/mol. The standard InChI is InChI=1S/C19H19N3/c1-3-13-10-12(2)15(14-8-9-20-19(13)14)11-18-21-16-6-4-5-7-17(16)22-18/h4-10,20H,3,11H2,1-2H3,(H,21,22). The summed E-state index contributed by atoms with van der Waals surface area (Å²) < 4.78 is 0. The van der Waals surface area contributed by atoms with Gasteiger partial charge in [-0.05, 0) is 48.2 Å². The van der Waals surface area contributed by atoms with Crippen molar-refractivity contribution in [1.29, 1.82) is 0 Å². The third kappa shape index (κ3) is 2.01. The van der Waals surface area contributed by atoms with Crippen molar-refractivity contribution >= 4 is 21.9 Å². The molecule has 0 saturated heterocycles. The molecule has 2 aromatic carbocycles. The van der Waals surface area contributed by atoms with Crippen LogP contribution in [0.15, 0.2) is 42.6 Å². The van der Waals surface area contributed by atoms with Crippen molar-refractivity contribution in [3.8, 4) is 0 Å². The maximum atomic E-state index is 4.72. The number of hydrogen-bond acceptors (Lipinski definition) is 1. The van der Waals surface area contributed by atoms with E-state index in [1.165, 1.54) is 27.6 Å². The number of fused-ring (bicyclic) bond motifs is 2. The lowest BCUT2D eigenvalue weighted by Crippen LogP contribution is -1.97. The van der Waals surface area contributed by atoms with E-state index in [9.17, 15) is 0 Å². The second kappa shape index (κ2) is 5.02. The maximum absolute atomic E-state index is 4.72. The Kier molecular flexibility index (Phi) is 3.00. The number of hydrogen-bond donors (Lipinski definition) is 2. The highest BCUT2D eigenvalue weighted by Crippen LogP contribution is 2.27. The largest absolute Gasteiger partial charge is 0.361 e. The number of rotatable bonds is 3. The van der Waals surface area contributed by atoms with Gasteiger partial charge in [-0.2, -0.15) is 0 Å². The molecule has 2 aromatic heterocycles. The van der Waals surface area contributed by atoms with Gasteiger partial charge < -0.3 is 9.97 Å². The van der Waals surface area contributed by atoms with Crippen molar-refractivity contribution in [3.63, 3.8) is 0 Å². The summed E-state index contributed by atoms with van der Waals surface area (Å²) in [5, 5.41) is 1.32. The maximum Gasteiger partial charge on any atom is 0.111 e. The lowest BCUT2D eigenvalue weighted by Gasteiger charge is -2.10. The van der Waals surface area contributed by atoms with Crippen LogP contribution in [0, 0.1) is 6.92 Å². The molecule has 0 aliphatic carbocycles. The van der Waals surface area contributed by atoms with Crippen LogP contribution in [0.4, 0.5) is 0 Å². The molecule has 22 heavy (non-hydrogen) atoms. The fraction of sp³-hybridized carbons (Fsp3) is 0.211. The van der Waals surface area contributed by atoms with E-state index in [0.717, 1.165) is 29.7 Å². The number of imidazole rings is 1. The molecule has 4 aromatic rings. The molecular formula is C19H19N3. The zero-order valence-electron chi connectivity index (χ0n) is 12.9. The van der Waals surface area contributed by atoms with Gasteiger partial charge in [0.15, 0.2) is 0 Å². The predicted octanol–water partition coefficient (Wildman–Crippen LogP) is 4.51. The van der Waals surface area contributed by atoms with Gasteiger partial charge in [-0.1, -0.05) is 25.1 Å². The number of aryl methyl sites for hydroxylation is 2. The summed E-state index contributed by atoms with van der Waals surface area (Å²) in [5.41, 5.74) is 7.47. The van der Waals surface area contributed by atoms with Gasteiger partial charge in [-0.3, -0.25) is 0 Å². The number of benzene rings is 2. The van der Waals surface area contributed by atoms with Crippen molar-refractivity contribution < 1.29 is 0 Å². The molecule has 0 bridgehead atoms. The fourth-order valence-corrected chi connectivity index (χ4v) is 3.29. The Morgan fingerprint density at radius 1 is 1.14 bits per heavy atom. The van der Waals surface area contributed by atoms with E-state index in [4.69, 9.17) is 4.98 Å². The Balaban J connectivity index is 1.84. The van der Waals surface area contributed by atoms with E-state index in [1.807, 2.05) is 24.4 Å². The summed E-state index contributed by atoms with van der Waals surface area (Å²) in [7, 11) is 0. The number of nitrogens with one attached hydrogen (secondary N) is 2. The average Bonchev–Trinajstić information content (AvgIpc) is 3.15. The topological polar surface area (TPSA) is 44.5 Å². The molecule has 0 radical (unpaired) electrons. The Labute approximate surface area is 129 Å². The minimum absolute atomic E-state index is 0.832. The SMILES string of the molecule is CCc1cc(C)c(Cc2nc3ccccc3[nH]2)c2cc[nH]c12. The molecule has 0 fully saturated rings. The van der Waals surface area contributed by atoms with Crippen LogP contribution in [0.2, 0.25) is 0 Å². The van der Waals surface area contributed by atoms with Crippen LogP contribution in [-0.4, -0.2) is 15.0 Å². The van der Waals surface area contributed by atoms with Crippen molar-refractivity contribution in [1.82, 2.24) is 15.0 Å². The molecule has 0 saturated carbocycles. The van der Waals surface area contributed by atoms with E-state index >= 15 is 0 Å². The van der Waals surface area contributed by atoms with Gasteiger partial charge in [0.1, 0.15) is 5.82 Å². The molecule has 0 aliphatic heterocycles. The highest BCUT2D eigenvalue weighted by Gasteiger charge is 2.12. The first-order valence-electron chi connectivity index (χ1n) is 7.78. The molecule has 0 amide bonds. The van der Waals surface area contributed by atoms with Crippen LogP contribution < -0.4 is 0 Å². The minimum Gasteiger partial charge on any atom is -0.361 e. The van der Waals surface area contributed by atoms with Crippen LogP contribution in [0.5, 0.6) is 0 Å². The molecule has 110 valence electrons. The second-order valence-electron chi connectivity index (χ2n) is 5.83. The van der Waals surface area contributed by atoms with Crippen molar-refractivity contribution in [2.24, 2.45) is 0 Å². The molecule has 0 aliphatic rings. The Hall–Kier alpha value is -2.55. The van der Waals surface area contributed by atoms with Gasteiger partial charge in [0, 0.05) is 23.5 Å². The molecular weight excluding hydrogens is 270 g/mol. The van der Waals surface area contributed by atoms with E-state index in [0.29, 0.717) is 0 Å². The highest BCUT2D eigenvalue weighted by atomic mass is 14.9. The number of nitrogens with zero attached hydrogens (tertiary/aromatic N) is 1. The van der Waals surface area contributed by atoms with Crippen molar-refractivity contribution in [3.05, 3.63) is 65.1 Å². The number of H-pyrrole nitrogens is 2. The summed E-state index contributed by atoms with van der Waals surface area (Å²) in [4.78, 5) is 11.5. The van der Waals surface area contributed by atoms with Gasteiger partial charge >= 0.3 is 0 Å². The number of aromatic amines is 2. The van der Waals surface area contributed by atoms with Crippen LogP contribution in [-0.2, 0) is 12.8 Å². The quantitative estimate of drug-likeness (QED) is 0.573. The minimum atomic E-state index is 0.832. The van der Waals surface area contributed by atoms with Gasteiger partial charge in [0.2, 0.25) is 0 Å². The first kappa shape index (κ1) is 13.1. The third-order valence-electron chi connectivity index (χ3n) is 4.42. The molecule has 2 heterocycles. The molecule has 0 spiro atoms.